The molecule has 3 aromatic carbocycles. The molecule has 4 nitrogen and oxygen atoms in total. The summed E-state index contributed by atoms with van der Waals surface area (Å²) in [7, 11) is 0. The van der Waals surface area contributed by atoms with E-state index in [-0.39, 0.29) is 17.5 Å². The first kappa shape index (κ1) is 23.0. The standard InChI is InChI=1S/C26H26F3N3O/c1-24(2,18-7-5-4-6-8-18)16-25(3,17-33)19-9-12-21(13-10-19)32-30-22-14-11-20(26(27,28)29)15-23(22)31-32/h4-15,33H,16-17H2,1-3H3. The Kier molecular flexibility index (Phi) is 5.78. The summed E-state index contributed by atoms with van der Waals surface area (Å²) in [5.41, 5.74) is 1.97. The van der Waals surface area contributed by atoms with Crippen molar-refractivity contribution in [3.8, 4) is 5.69 Å². The molecule has 0 aliphatic rings. The van der Waals surface area contributed by atoms with Gasteiger partial charge in [-0.25, -0.2) is 0 Å². The van der Waals surface area contributed by atoms with Gasteiger partial charge in [0.2, 0.25) is 0 Å². The molecule has 172 valence electrons. The molecule has 4 rings (SSSR count). The molecular formula is C26H26F3N3O. The zero-order valence-corrected chi connectivity index (χ0v) is 18.8. The van der Waals surface area contributed by atoms with E-state index in [4.69, 9.17) is 0 Å². The van der Waals surface area contributed by atoms with Crippen molar-refractivity contribution in [1.29, 1.82) is 0 Å². The quantitative estimate of drug-likeness (QED) is 0.386. The molecule has 1 N–H and O–H groups in total. The normalized spacial score (nSPS) is 14.4. The van der Waals surface area contributed by atoms with Crippen molar-refractivity contribution < 1.29 is 18.3 Å². The van der Waals surface area contributed by atoms with Gasteiger partial charge in [0.15, 0.2) is 0 Å². The third kappa shape index (κ3) is 4.64. The molecule has 1 atom stereocenters. The van der Waals surface area contributed by atoms with Gasteiger partial charge in [-0.15, -0.1) is 10.2 Å². The van der Waals surface area contributed by atoms with Crippen molar-refractivity contribution in [2.75, 3.05) is 6.61 Å². The number of fused-ring (bicyclic) bond motifs is 1. The van der Waals surface area contributed by atoms with Gasteiger partial charge in [-0.2, -0.15) is 18.0 Å². The highest BCUT2D eigenvalue weighted by Gasteiger charge is 2.35. The van der Waals surface area contributed by atoms with Crippen LogP contribution in [0.3, 0.4) is 0 Å². The number of aliphatic hydroxyl groups excluding tert-OH is 1. The van der Waals surface area contributed by atoms with Crippen LogP contribution in [0.5, 0.6) is 0 Å². The smallest absolute Gasteiger partial charge is 0.395 e. The molecule has 1 unspecified atom stereocenters. The van der Waals surface area contributed by atoms with Crippen LogP contribution in [0.25, 0.3) is 16.7 Å². The van der Waals surface area contributed by atoms with E-state index in [1.165, 1.54) is 16.4 Å². The minimum atomic E-state index is -4.43. The van der Waals surface area contributed by atoms with Crippen molar-refractivity contribution in [2.45, 2.75) is 44.2 Å². The van der Waals surface area contributed by atoms with E-state index in [1.807, 2.05) is 49.4 Å². The van der Waals surface area contributed by atoms with Crippen LogP contribution in [0, 0.1) is 0 Å². The zero-order valence-electron chi connectivity index (χ0n) is 18.8. The lowest BCUT2D eigenvalue weighted by Crippen LogP contribution is -2.35. The summed E-state index contributed by atoms with van der Waals surface area (Å²) in [6, 6.07) is 21.0. The second-order valence-electron chi connectivity index (χ2n) is 9.38. The Hall–Kier alpha value is -3.19. The summed E-state index contributed by atoms with van der Waals surface area (Å²) in [6.07, 6.45) is -3.70. The number of aliphatic hydroxyl groups is 1. The summed E-state index contributed by atoms with van der Waals surface area (Å²) in [5, 5.41) is 18.8. The fourth-order valence-electron chi connectivity index (χ4n) is 4.42. The van der Waals surface area contributed by atoms with Crippen LogP contribution < -0.4 is 0 Å². The second-order valence-corrected chi connectivity index (χ2v) is 9.38. The molecule has 0 amide bonds. The van der Waals surface area contributed by atoms with Crippen LogP contribution >= 0.6 is 0 Å². The average molecular weight is 454 g/mol. The lowest BCUT2D eigenvalue weighted by molar-refractivity contribution is -0.137. The molecule has 33 heavy (non-hydrogen) atoms. The SMILES string of the molecule is CC(C)(CC(C)(CO)c1ccc(-n2nc3ccc(C(F)(F)F)cc3n2)cc1)c1ccccc1. The minimum absolute atomic E-state index is 0.0211. The Morgan fingerprint density at radius 3 is 1.97 bits per heavy atom. The fourth-order valence-corrected chi connectivity index (χ4v) is 4.42. The highest BCUT2D eigenvalue weighted by Crippen LogP contribution is 2.39. The molecule has 1 aromatic heterocycles. The highest BCUT2D eigenvalue weighted by molar-refractivity contribution is 5.75. The molecular weight excluding hydrogens is 427 g/mol. The Morgan fingerprint density at radius 1 is 0.758 bits per heavy atom. The number of benzene rings is 3. The van der Waals surface area contributed by atoms with E-state index in [0.717, 1.165) is 24.1 Å². The molecule has 0 spiro atoms. The van der Waals surface area contributed by atoms with Crippen molar-refractivity contribution in [2.24, 2.45) is 0 Å². The van der Waals surface area contributed by atoms with Gasteiger partial charge in [-0.3, -0.25) is 0 Å². The van der Waals surface area contributed by atoms with E-state index < -0.39 is 17.2 Å². The topological polar surface area (TPSA) is 50.9 Å². The molecule has 7 heteroatoms. The first-order valence-electron chi connectivity index (χ1n) is 10.7. The maximum absolute atomic E-state index is 13.0. The second kappa shape index (κ2) is 8.30. The molecule has 4 aromatic rings. The number of halogens is 3. The molecule has 0 aliphatic carbocycles. The lowest BCUT2D eigenvalue weighted by atomic mass is 9.68. The zero-order chi connectivity index (χ0) is 23.9. The molecule has 0 bridgehead atoms. The van der Waals surface area contributed by atoms with Gasteiger partial charge in [0, 0.05) is 5.41 Å². The van der Waals surface area contributed by atoms with Crippen LogP contribution in [0.4, 0.5) is 13.2 Å². The molecule has 0 fully saturated rings. The van der Waals surface area contributed by atoms with E-state index in [2.05, 4.69) is 36.2 Å². The van der Waals surface area contributed by atoms with Crippen LogP contribution in [-0.2, 0) is 17.0 Å². The van der Waals surface area contributed by atoms with Gasteiger partial charge >= 0.3 is 6.18 Å². The van der Waals surface area contributed by atoms with E-state index in [9.17, 15) is 18.3 Å². The van der Waals surface area contributed by atoms with Crippen LogP contribution in [0.15, 0.2) is 72.8 Å². The van der Waals surface area contributed by atoms with Crippen molar-refractivity contribution in [3.63, 3.8) is 0 Å². The third-order valence-corrected chi connectivity index (χ3v) is 6.24. The molecule has 1 heterocycles. The van der Waals surface area contributed by atoms with Gasteiger partial charge in [-0.1, -0.05) is 63.2 Å². The largest absolute Gasteiger partial charge is 0.416 e. The fraction of sp³-hybridized carbons (Fsp3) is 0.308. The van der Waals surface area contributed by atoms with Gasteiger partial charge < -0.3 is 5.11 Å². The Bertz CT molecular complexity index is 1250. The Balaban J connectivity index is 1.61. The molecule has 0 saturated heterocycles. The Labute approximate surface area is 190 Å². The summed E-state index contributed by atoms with van der Waals surface area (Å²) in [4.78, 5) is 1.33. The molecule has 0 saturated carbocycles. The van der Waals surface area contributed by atoms with Crippen LogP contribution in [0.1, 0.15) is 43.9 Å². The maximum atomic E-state index is 13.0. The third-order valence-electron chi connectivity index (χ3n) is 6.24. The summed E-state index contributed by atoms with van der Waals surface area (Å²) in [6.45, 7) is 6.34. The van der Waals surface area contributed by atoms with Gasteiger partial charge in [-0.05, 0) is 53.3 Å². The van der Waals surface area contributed by atoms with Gasteiger partial charge in [0.05, 0.1) is 17.9 Å². The van der Waals surface area contributed by atoms with Crippen molar-refractivity contribution in [1.82, 2.24) is 15.0 Å². The first-order chi connectivity index (χ1) is 15.5. The summed E-state index contributed by atoms with van der Waals surface area (Å²) < 4.78 is 39.0. The van der Waals surface area contributed by atoms with E-state index in [0.29, 0.717) is 11.2 Å². The van der Waals surface area contributed by atoms with Crippen LogP contribution in [-0.4, -0.2) is 26.7 Å². The average Bonchev–Trinajstić information content (AvgIpc) is 3.22. The molecule has 0 aliphatic heterocycles. The Morgan fingerprint density at radius 2 is 1.36 bits per heavy atom. The number of rotatable bonds is 6. The lowest BCUT2D eigenvalue weighted by Gasteiger charge is -2.37. The first-order valence-corrected chi connectivity index (χ1v) is 10.7. The van der Waals surface area contributed by atoms with Gasteiger partial charge in [0.25, 0.3) is 0 Å². The number of nitrogens with zero attached hydrogens (tertiary/aromatic N) is 3. The van der Waals surface area contributed by atoms with Gasteiger partial charge in [0.1, 0.15) is 11.0 Å². The summed E-state index contributed by atoms with van der Waals surface area (Å²) >= 11 is 0. The van der Waals surface area contributed by atoms with Crippen molar-refractivity contribution in [3.05, 3.63) is 89.5 Å². The minimum Gasteiger partial charge on any atom is -0.395 e. The predicted molar refractivity (Wildman–Crippen MR) is 122 cm³/mol. The monoisotopic (exact) mass is 453 g/mol. The summed E-state index contributed by atoms with van der Waals surface area (Å²) in [5.74, 6) is 0. The predicted octanol–water partition coefficient (Wildman–Crippen LogP) is 6.06. The molecule has 0 radical (unpaired) electrons. The van der Waals surface area contributed by atoms with E-state index in [1.54, 1.807) is 0 Å². The van der Waals surface area contributed by atoms with Crippen LogP contribution in [0.2, 0.25) is 0 Å². The number of hydrogen-bond donors (Lipinski definition) is 1. The highest BCUT2D eigenvalue weighted by atomic mass is 19.4. The maximum Gasteiger partial charge on any atom is 0.416 e. The van der Waals surface area contributed by atoms with E-state index >= 15 is 0 Å². The number of hydrogen-bond acceptors (Lipinski definition) is 3. The number of alkyl halides is 3. The van der Waals surface area contributed by atoms with Crippen molar-refractivity contribution >= 4 is 11.0 Å². The number of aromatic nitrogens is 3.